The molecular formula is C15H21ClN2O3. The summed E-state index contributed by atoms with van der Waals surface area (Å²) in [5.41, 5.74) is 1.01. The second kappa shape index (κ2) is 6.64. The van der Waals surface area contributed by atoms with Crippen LogP contribution in [0, 0.1) is 0 Å². The lowest BCUT2D eigenvalue weighted by molar-refractivity contribution is 0.0636. The SMILES string of the molecule is CC(C)(C)OC(=O)Nc1cc(C2COCCN2)ccc1Cl. The minimum Gasteiger partial charge on any atom is -0.444 e. The number of rotatable bonds is 2. The van der Waals surface area contributed by atoms with E-state index in [-0.39, 0.29) is 6.04 Å². The van der Waals surface area contributed by atoms with E-state index in [2.05, 4.69) is 10.6 Å². The van der Waals surface area contributed by atoms with Gasteiger partial charge in [-0.2, -0.15) is 0 Å². The molecule has 0 aromatic heterocycles. The first kappa shape index (κ1) is 16.1. The van der Waals surface area contributed by atoms with Crippen molar-refractivity contribution in [1.29, 1.82) is 0 Å². The number of anilines is 1. The predicted octanol–water partition coefficient (Wildman–Crippen LogP) is 3.35. The van der Waals surface area contributed by atoms with Crippen molar-refractivity contribution in [1.82, 2.24) is 5.32 Å². The summed E-state index contributed by atoms with van der Waals surface area (Å²) in [7, 11) is 0. The summed E-state index contributed by atoms with van der Waals surface area (Å²) in [6.07, 6.45) is -0.519. The highest BCUT2D eigenvalue weighted by molar-refractivity contribution is 6.33. The molecule has 1 aliphatic heterocycles. The zero-order valence-corrected chi connectivity index (χ0v) is 13.3. The monoisotopic (exact) mass is 312 g/mol. The van der Waals surface area contributed by atoms with Gasteiger partial charge in [-0.1, -0.05) is 17.7 Å². The first-order valence-corrected chi connectivity index (χ1v) is 7.33. The first-order chi connectivity index (χ1) is 9.85. The van der Waals surface area contributed by atoms with Crippen LogP contribution in [0.2, 0.25) is 5.02 Å². The largest absolute Gasteiger partial charge is 0.444 e. The first-order valence-electron chi connectivity index (χ1n) is 6.96. The molecular weight excluding hydrogens is 292 g/mol. The number of halogens is 1. The molecule has 2 rings (SSSR count). The number of carbonyl (C=O) groups is 1. The van der Waals surface area contributed by atoms with E-state index in [1.165, 1.54) is 0 Å². The van der Waals surface area contributed by atoms with Crippen LogP contribution >= 0.6 is 11.6 Å². The van der Waals surface area contributed by atoms with Crippen molar-refractivity contribution in [3.05, 3.63) is 28.8 Å². The smallest absolute Gasteiger partial charge is 0.412 e. The molecule has 0 spiro atoms. The number of amides is 1. The van der Waals surface area contributed by atoms with E-state index in [0.717, 1.165) is 12.1 Å². The highest BCUT2D eigenvalue weighted by Gasteiger charge is 2.19. The van der Waals surface area contributed by atoms with Crippen molar-refractivity contribution in [3.8, 4) is 0 Å². The average molecular weight is 313 g/mol. The summed E-state index contributed by atoms with van der Waals surface area (Å²) in [5.74, 6) is 0. The molecule has 0 saturated carbocycles. The maximum Gasteiger partial charge on any atom is 0.412 e. The van der Waals surface area contributed by atoms with Crippen LogP contribution in [0.5, 0.6) is 0 Å². The quantitative estimate of drug-likeness (QED) is 0.879. The summed E-state index contributed by atoms with van der Waals surface area (Å²) in [4.78, 5) is 11.8. The van der Waals surface area contributed by atoms with Crippen molar-refractivity contribution in [2.45, 2.75) is 32.4 Å². The van der Waals surface area contributed by atoms with Gasteiger partial charge in [0.15, 0.2) is 0 Å². The van der Waals surface area contributed by atoms with Gasteiger partial charge in [0.1, 0.15) is 5.60 Å². The minimum atomic E-state index is -0.549. The molecule has 1 saturated heterocycles. The number of ether oxygens (including phenoxy) is 2. The molecule has 1 fully saturated rings. The Labute approximate surface area is 130 Å². The van der Waals surface area contributed by atoms with Gasteiger partial charge in [-0.25, -0.2) is 4.79 Å². The van der Waals surface area contributed by atoms with Crippen LogP contribution in [0.3, 0.4) is 0 Å². The van der Waals surface area contributed by atoms with Gasteiger partial charge in [-0.3, -0.25) is 5.32 Å². The van der Waals surface area contributed by atoms with Gasteiger partial charge in [0.05, 0.1) is 30.0 Å². The van der Waals surface area contributed by atoms with E-state index < -0.39 is 11.7 Å². The molecule has 116 valence electrons. The number of morpholine rings is 1. The van der Waals surface area contributed by atoms with E-state index in [0.29, 0.717) is 23.9 Å². The zero-order valence-electron chi connectivity index (χ0n) is 12.5. The Morgan fingerprint density at radius 1 is 1.48 bits per heavy atom. The Morgan fingerprint density at radius 2 is 2.24 bits per heavy atom. The summed E-state index contributed by atoms with van der Waals surface area (Å²) < 4.78 is 10.7. The van der Waals surface area contributed by atoms with Crippen LogP contribution < -0.4 is 10.6 Å². The van der Waals surface area contributed by atoms with Gasteiger partial charge < -0.3 is 14.8 Å². The molecule has 1 unspecified atom stereocenters. The van der Waals surface area contributed by atoms with Gasteiger partial charge in [-0.15, -0.1) is 0 Å². The molecule has 0 radical (unpaired) electrons. The molecule has 6 heteroatoms. The molecule has 1 heterocycles. The number of hydrogen-bond donors (Lipinski definition) is 2. The van der Waals surface area contributed by atoms with Gasteiger partial charge in [-0.05, 0) is 38.5 Å². The molecule has 21 heavy (non-hydrogen) atoms. The van der Waals surface area contributed by atoms with E-state index >= 15 is 0 Å². The highest BCUT2D eigenvalue weighted by atomic mass is 35.5. The fourth-order valence-corrected chi connectivity index (χ4v) is 2.21. The molecule has 2 N–H and O–H groups in total. The fourth-order valence-electron chi connectivity index (χ4n) is 2.05. The molecule has 0 bridgehead atoms. The molecule has 1 aromatic rings. The zero-order chi connectivity index (χ0) is 15.5. The van der Waals surface area contributed by atoms with Crippen LogP contribution in [-0.4, -0.2) is 31.5 Å². The van der Waals surface area contributed by atoms with E-state index in [4.69, 9.17) is 21.1 Å². The Bertz CT molecular complexity index is 508. The van der Waals surface area contributed by atoms with Crippen LogP contribution in [0.25, 0.3) is 0 Å². The Kier molecular flexibility index (Phi) is 5.08. The standard InChI is InChI=1S/C15H21ClN2O3/c1-15(2,3)21-14(19)18-12-8-10(4-5-11(12)16)13-9-20-7-6-17-13/h4-5,8,13,17H,6-7,9H2,1-3H3,(H,18,19). The van der Waals surface area contributed by atoms with Crippen LogP contribution in [0.15, 0.2) is 18.2 Å². The Balaban J connectivity index is 2.10. The maximum absolute atomic E-state index is 11.8. The fraction of sp³-hybridized carbons (Fsp3) is 0.533. The van der Waals surface area contributed by atoms with E-state index in [9.17, 15) is 4.79 Å². The number of benzene rings is 1. The number of nitrogens with one attached hydrogen (secondary N) is 2. The van der Waals surface area contributed by atoms with Gasteiger partial charge in [0, 0.05) is 6.54 Å². The van der Waals surface area contributed by atoms with Crippen molar-refractivity contribution in [3.63, 3.8) is 0 Å². The lowest BCUT2D eigenvalue weighted by atomic mass is 10.1. The second-order valence-corrected chi connectivity index (χ2v) is 6.36. The van der Waals surface area contributed by atoms with Crippen molar-refractivity contribution < 1.29 is 14.3 Å². The molecule has 1 aromatic carbocycles. The van der Waals surface area contributed by atoms with Crippen LogP contribution in [0.4, 0.5) is 10.5 Å². The molecule has 1 amide bonds. The van der Waals surface area contributed by atoms with Crippen molar-refractivity contribution >= 4 is 23.4 Å². The predicted molar refractivity (Wildman–Crippen MR) is 82.9 cm³/mol. The van der Waals surface area contributed by atoms with Gasteiger partial charge >= 0.3 is 6.09 Å². The lowest BCUT2D eigenvalue weighted by Crippen LogP contribution is -2.34. The summed E-state index contributed by atoms with van der Waals surface area (Å²) in [5, 5.41) is 6.52. The highest BCUT2D eigenvalue weighted by Crippen LogP contribution is 2.27. The summed E-state index contributed by atoms with van der Waals surface area (Å²) in [6.45, 7) is 7.57. The lowest BCUT2D eigenvalue weighted by Gasteiger charge is -2.25. The van der Waals surface area contributed by atoms with Crippen molar-refractivity contribution in [2.75, 3.05) is 25.1 Å². The van der Waals surface area contributed by atoms with Gasteiger partial charge in [0.2, 0.25) is 0 Å². The summed E-state index contributed by atoms with van der Waals surface area (Å²) >= 11 is 6.13. The normalized spacial score (nSPS) is 19.1. The van der Waals surface area contributed by atoms with Crippen LogP contribution in [0.1, 0.15) is 32.4 Å². The minimum absolute atomic E-state index is 0.107. The number of hydrogen-bond acceptors (Lipinski definition) is 4. The van der Waals surface area contributed by atoms with E-state index in [1.54, 1.807) is 6.07 Å². The average Bonchev–Trinajstić information content (AvgIpc) is 2.40. The second-order valence-electron chi connectivity index (χ2n) is 5.95. The third-order valence-electron chi connectivity index (χ3n) is 2.95. The molecule has 1 aliphatic rings. The van der Waals surface area contributed by atoms with Crippen molar-refractivity contribution in [2.24, 2.45) is 0 Å². The number of carbonyl (C=O) groups excluding carboxylic acids is 1. The molecule has 5 nitrogen and oxygen atoms in total. The molecule has 0 aliphatic carbocycles. The topological polar surface area (TPSA) is 59.6 Å². The Morgan fingerprint density at radius 3 is 2.86 bits per heavy atom. The Hall–Kier alpha value is -1.30. The third-order valence-corrected chi connectivity index (χ3v) is 3.28. The van der Waals surface area contributed by atoms with Crippen LogP contribution in [-0.2, 0) is 9.47 Å². The third kappa shape index (κ3) is 4.88. The van der Waals surface area contributed by atoms with E-state index in [1.807, 2.05) is 32.9 Å². The molecule has 1 atom stereocenters. The summed E-state index contributed by atoms with van der Waals surface area (Å²) in [6, 6.07) is 5.64. The van der Waals surface area contributed by atoms with Gasteiger partial charge in [0.25, 0.3) is 0 Å². The maximum atomic E-state index is 11.8.